The minimum absolute atomic E-state index is 0.0766. The molecule has 1 aliphatic heterocycles. The molecule has 2 N–H and O–H groups in total. The molecular weight excluding hydrogens is 324 g/mol. The lowest BCUT2D eigenvalue weighted by molar-refractivity contribution is -0.143. The molecule has 2 rings (SSSR count). The molecule has 7 nitrogen and oxygen atoms in total. The second-order valence-electron chi connectivity index (χ2n) is 6.20. The van der Waals surface area contributed by atoms with Crippen LogP contribution in [-0.4, -0.2) is 42.1 Å². The minimum Gasteiger partial charge on any atom is -0.484 e. The van der Waals surface area contributed by atoms with Crippen LogP contribution in [-0.2, 0) is 14.4 Å². The predicted octanol–water partition coefficient (Wildman–Crippen LogP) is 1.81. The Morgan fingerprint density at radius 1 is 1.40 bits per heavy atom. The van der Waals surface area contributed by atoms with Crippen molar-refractivity contribution in [3.63, 3.8) is 0 Å². The molecule has 0 spiro atoms. The summed E-state index contributed by atoms with van der Waals surface area (Å²) in [7, 11) is 0. The van der Waals surface area contributed by atoms with Crippen LogP contribution >= 0.6 is 0 Å². The fourth-order valence-corrected chi connectivity index (χ4v) is 2.71. The van der Waals surface area contributed by atoms with E-state index in [9.17, 15) is 19.5 Å². The van der Waals surface area contributed by atoms with Crippen molar-refractivity contribution in [3.05, 3.63) is 24.3 Å². The van der Waals surface area contributed by atoms with Gasteiger partial charge in [-0.3, -0.25) is 9.59 Å². The number of carbonyl (C=O) groups excluding carboxylic acids is 2. The summed E-state index contributed by atoms with van der Waals surface area (Å²) in [4.78, 5) is 36.7. The average molecular weight is 348 g/mol. The van der Waals surface area contributed by atoms with Crippen molar-refractivity contribution in [1.82, 2.24) is 5.32 Å². The first kappa shape index (κ1) is 18.8. The number of carbonyl (C=O) groups is 3. The van der Waals surface area contributed by atoms with Crippen molar-refractivity contribution >= 4 is 23.5 Å². The molecular formula is C18H24N2O5. The number of ether oxygens (including phenoxy) is 1. The van der Waals surface area contributed by atoms with Crippen molar-refractivity contribution in [2.24, 2.45) is 5.92 Å². The van der Waals surface area contributed by atoms with Gasteiger partial charge >= 0.3 is 5.97 Å². The van der Waals surface area contributed by atoms with Gasteiger partial charge in [-0.2, -0.15) is 0 Å². The highest BCUT2D eigenvalue weighted by atomic mass is 16.5. The van der Waals surface area contributed by atoms with E-state index in [1.807, 2.05) is 13.0 Å². The first-order chi connectivity index (χ1) is 11.9. The zero-order valence-corrected chi connectivity index (χ0v) is 14.5. The van der Waals surface area contributed by atoms with E-state index in [0.29, 0.717) is 25.1 Å². The van der Waals surface area contributed by atoms with Crippen LogP contribution in [0.5, 0.6) is 5.75 Å². The van der Waals surface area contributed by atoms with Crippen LogP contribution in [0.3, 0.4) is 0 Å². The molecule has 1 aliphatic rings. The van der Waals surface area contributed by atoms with Gasteiger partial charge in [0.1, 0.15) is 11.8 Å². The number of nitrogens with one attached hydrogen (secondary N) is 1. The highest BCUT2D eigenvalue weighted by Gasteiger charge is 2.25. The summed E-state index contributed by atoms with van der Waals surface area (Å²) in [6.07, 6.45) is 2.02. The molecule has 0 aliphatic carbocycles. The van der Waals surface area contributed by atoms with E-state index in [1.54, 1.807) is 30.0 Å². The maximum Gasteiger partial charge on any atom is 0.326 e. The highest BCUT2D eigenvalue weighted by Crippen LogP contribution is 2.25. The fraction of sp³-hybridized carbons (Fsp3) is 0.500. The Kier molecular flexibility index (Phi) is 6.38. The van der Waals surface area contributed by atoms with Gasteiger partial charge in [0.15, 0.2) is 6.61 Å². The average Bonchev–Trinajstić information content (AvgIpc) is 3.03. The van der Waals surface area contributed by atoms with Gasteiger partial charge in [-0.25, -0.2) is 4.79 Å². The molecule has 0 bridgehead atoms. The van der Waals surface area contributed by atoms with Gasteiger partial charge in [0, 0.05) is 24.7 Å². The zero-order valence-electron chi connectivity index (χ0n) is 14.5. The van der Waals surface area contributed by atoms with Crippen molar-refractivity contribution < 1.29 is 24.2 Å². The van der Waals surface area contributed by atoms with Crippen molar-refractivity contribution in [1.29, 1.82) is 0 Å². The van der Waals surface area contributed by atoms with Crippen molar-refractivity contribution in [2.45, 2.75) is 39.2 Å². The zero-order chi connectivity index (χ0) is 18.4. The lowest BCUT2D eigenvalue weighted by Gasteiger charge is -2.20. The SMILES string of the molecule is CC[C@H](C)[C@H](NC(=O)COc1cccc(N2CCCC2=O)c1)C(=O)O. The van der Waals surface area contributed by atoms with Crippen LogP contribution in [0.25, 0.3) is 0 Å². The summed E-state index contributed by atoms with van der Waals surface area (Å²) in [5.74, 6) is -1.19. The van der Waals surface area contributed by atoms with Crippen LogP contribution in [0.4, 0.5) is 5.69 Å². The molecule has 1 aromatic carbocycles. The molecule has 2 amide bonds. The van der Waals surface area contributed by atoms with E-state index in [-0.39, 0.29) is 18.4 Å². The molecule has 136 valence electrons. The summed E-state index contributed by atoms with van der Waals surface area (Å²) < 4.78 is 5.45. The number of benzene rings is 1. The van der Waals surface area contributed by atoms with Crippen LogP contribution in [0.2, 0.25) is 0 Å². The molecule has 1 heterocycles. The molecule has 0 aromatic heterocycles. The maximum atomic E-state index is 12.0. The van der Waals surface area contributed by atoms with E-state index < -0.39 is 17.9 Å². The number of aliphatic carboxylic acids is 1. The molecule has 0 saturated carbocycles. The van der Waals surface area contributed by atoms with Crippen molar-refractivity contribution in [2.75, 3.05) is 18.1 Å². The monoisotopic (exact) mass is 348 g/mol. The third-order valence-corrected chi connectivity index (χ3v) is 4.37. The first-order valence-electron chi connectivity index (χ1n) is 8.47. The van der Waals surface area contributed by atoms with Crippen molar-refractivity contribution in [3.8, 4) is 5.75 Å². The molecule has 7 heteroatoms. The van der Waals surface area contributed by atoms with Gasteiger partial charge in [0.25, 0.3) is 5.91 Å². The topological polar surface area (TPSA) is 95.9 Å². The standard InChI is InChI=1S/C18H24N2O5/c1-3-12(2)17(18(23)24)19-15(21)11-25-14-7-4-6-13(10-14)20-9-5-8-16(20)22/h4,6-7,10,12,17H,3,5,8-9,11H2,1-2H3,(H,19,21)(H,23,24)/t12-,17-/m0/s1. The largest absolute Gasteiger partial charge is 0.484 e. The van der Waals surface area contributed by atoms with E-state index in [1.165, 1.54) is 0 Å². The van der Waals surface area contributed by atoms with E-state index in [4.69, 9.17) is 4.74 Å². The molecule has 0 unspecified atom stereocenters. The molecule has 1 aromatic rings. The molecule has 1 fully saturated rings. The Bertz CT molecular complexity index is 646. The lowest BCUT2D eigenvalue weighted by atomic mass is 9.99. The number of rotatable bonds is 8. The Hall–Kier alpha value is -2.57. The third-order valence-electron chi connectivity index (χ3n) is 4.37. The van der Waals surface area contributed by atoms with E-state index >= 15 is 0 Å². The van der Waals surface area contributed by atoms with E-state index in [2.05, 4.69) is 5.32 Å². The van der Waals surface area contributed by atoms with Gasteiger partial charge < -0.3 is 20.1 Å². The normalized spacial score (nSPS) is 16.4. The van der Waals surface area contributed by atoms with Crippen LogP contribution < -0.4 is 15.0 Å². The van der Waals surface area contributed by atoms with Gasteiger partial charge in [-0.05, 0) is 24.5 Å². The molecule has 25 heavy (non-hydrogen) atoms. The number of carboxylic acid groups (broad SMARTS) is 1. The van der Waals surface area contributed by atoms with Crippen LogP contribution in [0.15, 0.2) is 24.3 Å². The molecule has 2 atom stereocenters. The highest BCUT2D eigenvalue weighted by molar-refractivity contribution is 5.95. The first-order valence-corrected chi connectivity index (χ1v) is 8.47. The summed E-state index contributed by atoms with van der Waals surface area (Å²) in [5.41, 5.74) is 0.739. The smallest absolute Gasteiger partial charge is 0.326 e. The van der Waals surface area contributed by atoms with Gasteiger partial charge in [0.2, 0.25) is 5.91 Å². The maximum absolute atomic E-state index is 12.0. The Labute approximate surface area is 147 Å². The summed E-state index contributed by atoms with van der Waals surface area (Å²) in [6.45, 7) is 4.04. The summed E-state index contributed by atoms with van der Waals surface area (Å²) >= 11 is 0. The third kappa shape index (κ3) is 4.95. The number of hydrogen-bond donors (Lipinski definition) is 2. The Morgan fingerprint density at radius 3 is 2.76 bits per heavy atom. The number of hydrogen-bond acceptors (Lipinski definition) is 4. The number of carboxylic acids is 1. The quantitative estimate of drug-likeness (QED) is 0.747. The lowest BCUT2D eigenvalue weighted by Crippen LogP contribution is -2.46. The van der Waals surface area contributed by atoms with E-state index in [0.717, 1.165) is 12.1 Å². The number of anilines is 1. The van der Waals surface area contributed by atoms with Crippen LogP contribution in [0, 0.1) is 5.92 Å². The fourth-order valence-electron chi connectivity index (χ4n) is 2.71. The summed E-state index contributed by atoms with van der Waals surface area (Å²) in [6, 6.07) is 6.04. The Balaban J connectivity index is 1.93. The molecule has 1 saturated heterocycles. The predicted molar refractivity (Wildman–Crippen MR) is 92.5 cm³/mol. The van der Waals surface area contributed by atoms with Gasteiger partial charge in [-0.1, -0.05) is 26.3 Å². The van der Waals surface area contributed by atoms with Gasteiger partial charge in [-0.15, -0.1) is 0 Å². The second-order valence-corrected chi connectivity index (χ2v) is 6.20. The molecule has 0 radical (unpaired) electrons. The summed E-state index contributed by atoms with van der Waals surface area (Å²) in [5, 5.41) is 11.7. The van der Waals surface area contributed by atoms with Crippen LogP contribution in [0.1, 0.15) is 33.1 Å². The number of nitrogens with zero attached hydrogens (tertiary/aromatic N) is 1. The Morgan fingerprint density at radius 2 is 2.16 bits per heavy atom. The second kappa shape index (κ2) is 8.50. The minimum atomic E-state index is -1.06. The number of amides is 2. The van der Waals surface area contributed by atoms with Gasteiger partial charge in [0.05, 0.1) is 0 Å².